The van der Waals surface area contributed by atoms with E-state index < -0.39 is 5.97 Å². The van der Waals surface area contributed by atoms with E-state index in [0.717, 1.165) is 33.2 Å². The number of carboxylic acids is 1. The molecular formula is C27H32N2O2. The molecule has 0 unspecified atom stereocenters. The summed E-state index contributed by atoms with van der Waals surface area (Å²) < 4.78 is 1.97. The van der Waals surface area contributed by atoms with E-state index in [-0.39, 0.29) is 0 Å². The van der Waals surface area contributed by atoms with Crippen molar-refractivity contribution < 1.29 is 9.90 Å². The van der Waals surface area contributed by atoms with Gasteiger partial charge in [0.1, 0.15) is 5.69 Å². The molecule has 0 aliphatic heterocycles. The summed E-state index contributed by atoms with van der Waals surface area (Å²) in [6.45, 7) is 6.99. The molecule has 3 aromatic rings. The topological polar surface area (TPSA) is 54.3 Å². The molecule has 0 spiro atoms. The highest BCUT2D eigenvalue weighted by Crippen LogP contribution is 2.29. The van der Waals surface area contributed by atoms with Gasteiger partial charge >= 0.3 is 5.97 Å². The van der Waals surface area contributed by atoms with Gasteiger partial charge in [-0.3, -0.25) is 0 Å². The minimum absolute atomic E-state index is 0.398. The summed E-state index contributed by atoms with van der Waals surface area (Å²) in [7, 11) is 0. The van der Waals surface area contributed by atoms with Gasteiger partial charge < -0.3 is 15.0 Å². The van der Waals surface area contributed by atoms with Gasteiger partial charge in [0, 0.05) is 35.6 Å². The third-order valence-electron chi connectivity index (χ3n) is 6.51. The van der Waals surface area contributed by atoms with Gasteiger partial charge in [0.05, 0.1) is 0 Å². The highest BCUT2D eigenvalue weighted by molar-refractivity contribution is 5.98. The number of nitrogens with one attached hydrogen (secondary N) is 1. The standard InChI is InChI=1S/C27H32N2O2/c1-3-20-11-13-21(14-12-20)18-29-25-16-19(2)10-15-23(25)24(26(29)27(30)31)17-28-22-8-6-4-5-7-9-22/h3,10-16,22,28H,1,4-9,17-18H2,2H3,(H,30,31). The number of nitrogens with zero attached hydrogens (tertiary/aromatic N) is 1. The first-order chi connectivity index (χ1) is 15.1. The zero-order chi connectivity index (χ0) is 21.8. The fourth-order valence-corrected chi connectivity index (χ4v) is 4.79. The van der Waals surface area contributed by atoms with Crippen molar-refractivity contribution in [3.8, 4) is 0 Å². The number of fused-ring (bicyclic) bond motifs is 1. The molecule has 1 aromatic heterocycles. The average molecular weight is 417 g/mol. The van der Waals surface area contributed by atoms with Crippen molar-refractivity contribution in [1.82, 2.24) is 9.88 Å². The van der Waals surface area contributed by atoms with Crippen LogP contribution in [0.5, 0.6) is 0 Å². The Kier molecular flexibility index (Phi) is 6.57. The van der Waals surface area contributed by atoms with Crippen LogP contribution < -0.4 is 5.32 Å². The fourth-order valence-electron chi connectivity index (χ4n) is 4.79. The van der Waals surface area contributed by atoms with Crippen molar-refractivity contribution in [3.63, 3.8) is 0 Å². The zero-order valence-corrected chi connectivity index (χ0v) is 18.4. The van der Waals surface area contributed by atoms with E-state index in [1.54, 1.807) is 0 Å². The second-order valence-electron chi connectivity index (χ2n) is 8.75. The predicted molar refractivity (Wildman–Crippen MR) is 128 cm³/mol. The Morgan fingerprint density at radius 3 is 2.48 bits per heavy atom. The molecule has 162 valence electrons. The summed E-state index contributed by atoms with van der Waals surface area (Å²) in [5.74, 6) is -0.866. The summed E-state index contributed by atoms with van der Waals surface area (Å²) >= 11 is 0. The van der Waals surface area contributed by atoms with Gasteiger partial charge in [0.25, 0.3) is 0 Å². The van der Waals surface area contributed by atoms with E-state index in [0.29, 0.717) is 24.8 Å². The number of rotatable bonds is 7. The SMILES string of the molecule is C=Cc1ccc(Cn2c(C(=O)O)c(CNC3CCCCCC3)c3ccc(C)cc32)cc1. The summed E-state index contributed by atoms with van der Waals surface area (Å²) in [4.78, 5) is 12.4. The van der Waals surface area contributed by atoms with Crippen molar-refractivity contribution in [1.29, 1.82) is 0 Å². The van der Waals surface area contributed by atoms with Crippen LogP contribution in [0.1, 0.15) is 71.3 Å². The molecule has 1 heterocycles. The fraction of sp³-hybridized carbons (Fsp3) is 0.370. The van der Waals surface area contributed by atoms with Gasteiger partial charge in [-0.1, -0.05) is 74.7 Å². The summed E-state index contributed by atoms with van der Waals surface area (Å²) in [5, 5.41) is 14.9. The number of benzene rings is 2. The first kappa shape index (κ1) is 21.4. The van der Waals surface area contributed by atoms with Gasteiger partial charge in [-0.15, -0.1) is 0 Å². The van der Waals surface area contributed by atoms with Crippen LogP contribution in [0, 0.1) is 6.92 Å². The summed E-state index contributed by atoms with van der Waals surface area (Å²) in [6, 6.07) is 14.9. The van der Waals surface area contributed by atoms with Crippen molar-refractivity contribution in [2.75, 3.05) is 0 Å². The maximum atomic E-state index is 12.4. The largest absolute Gasteiger partial charge is 0.477 e. The Morgan fingerprint density at radius 1 is 1.13 bits per heavy atom. The smallest absolute Gasteiger partial charge is 0.352 e. The Hall–Kier alpha value is -2.85. The van der Waals surface area contributed by atoms with Crippen LogP contribution in [0.25, 0.3) is 17.0 Å². The first-order valence-electron chi connectivity index (χ1n) is 11.4. The molecule has 0 bridgehead atoms. The van der Waals surface area contributed by atoms with Crippen LogP contribution in [0.2, 0.25) is 0 Å². The second kappa shape index (κ2) is 9.52. The van der Waals surface area contributed by atoms with E-state index in [1.807, 2.05) is 34.9 Å². The summed E-state index contributed by atoms with van der Waals surface area (Å²) in [6.07, 6.45) is 9.30. The normalized spacial score (nSPS) is 15.1. The van der Waals surface area contributed by atoms with Crippen LogP contribution in [0.3, 0.4) is 0 Å². The number of aromatic nitrogens is 1. The minimum atomic E-state index is -0.866. The number of aryl methyl sites for hydroxylation is 1. The Balaban J connectivity index is 1.73. The number of carboxylic acid groups (broad SMARTS) is 1. The number of carbonyl (C=O) groups is 1. The quantitative estimate of drug-likeness (QED) is 0.454. The zero-order valence-electron chi connectivity index (χ0n) is 18.4. The predicted octanol–water partition coefficient (Wildman–Crippen LogP) is 6.15. The van der Waals surface area contributed by atoms with E-state index in [2.05, 4.69) is 37.0 Å². The van der Waals surface area contributed by atoms with Gasteiger partial charge in [0.2, 0.25) is 0 Å². The van der Waals surface area contributed by atoms with Crippen LogP contribution in [-0.4, -0.2) is 21.7 Å². The maximum absolute atomic E-state index is 12.4. The summed E-state index contributed by atoms with van der Waals surface area (Å²) in [5.41, 5.74) is 5.55. The van der Waals surface area contributed by atoms with Crippen molar-refractivity contribution in [3.05, 3.63) is 77.0 Å². The maximum Gasteiger partial charge on any atom is 0.352 e. The van der Waals surface area contributed by atoms with Crippen LogP contribution in [0.4, 0.5) is 0 Å². The third kappa shape index (κ3) is 4.75. The molecule has 4 nitrogen and oxygen atoms in total. The lowest BCUT2D eigenvalue weighted by Gasteiger charge is -2.16. The molecule has 2 N–H and O–H groups in total. The molecule has 2 aromatic carbocycles. The molecule has 1 aliphatic rings. The molecule has 4 heteroatoms. The lowest BCUT2D eigenvalue weighted by Crippen LogP contribution is -2.28. The lowest BCUT2D eigenvalue weighted by molar-refractivity contribution is 0.0684. The monoisotopic (exact) mass is 416 g/mol. The Morgan fingerprint density at radius 2 is 1.84 bits per heavy atom. The van der Waals surface area contributed by atoms with Gasteiger partial charge in [-0.25, -0.2) is 4.79 Å². The van der Waals surface area contributed by atoms with Crippen LogP contribution in [-0.2, 0) is 13.1 Å². The molecule has 0 amide bonds. The third-order valence-corrected chi connectivity index (χ3v) is 6.51. The molecule has 0 atom stereocenters. The van der Waals surface area contributed by atoms with Gasteiger partial charge in [-0.2, -0.15) is 0 Å². The molecule has 1 saturated carbocycles. The Labute approximate surface area is 184 Å². The molecule has 1 aliphatic carbocycles. The Bertz CT molecular complexity index is 1070. The molecule has 31 heavy (non-hydrogen) atoms. The van der Waals surface area contributed by atoms with E-state index >= 15 is 0 Å². The van der Waals surface area contributed by atoms with Crippen LogP contribution >= 0.6 is 0 Å². The highest BCUT2D eigenvalue weighted by atomic mass is 16.4. The first-order valence-corrected chi connectivity index (χ1v) is 11.4. The van der Waals surface area contributed by atoms with E-state index in [9.17, 15) is 9.90 Å². The van der Waals surface area contributed by atoms with Gasteiger partial charge in [0.15, 0.2) is 0 Å². The number of hydrogen-bond acceptors (Lipinski definition) is 2. The molecule has 0 saturated heterocycles. The minimum Gasteiger partial charge on any atom is -0.477 e. The second-order valence-corrected chi connectivity index (χ2v) is 8.75. The molecular weight excluding hydrogens is 384 g/mol. The molecule has 4 rings (SSSR count). The van der Waals surface area contributed by atoms with Crippen molar-refractivity contribution in [2.45, 2.75) is 64.6 Å². The lowest BCUT2D eigenvalue weighted by atomic mass is 10.1. The highest BCUT2D eigenvalue weighted by Gasteiger charge is 2.23. The van der Waals surface area contributed by atoms with Crippen molar-refractivity contribution in [2.24, 2.45) is 0 Å². The van der Waals surface area contributed by atoms with E-state index in [4.69, 9.17) is 0 Å². The van der Waals surface area contributed by atoms with Gasteiger partial charge in [-0.05, 0) is 42.5 Å². The van der Waals surface area contributed by atoms with Crippen molar-refractivity contribution >= 4 is 22.9 Å². The number of aromatic carboxylic acids is 1. The number of hydrogen-bond donors (Lipinski definition) is 2. The molecule has 0 radical (unpaired) electrons. The van der Waals surface area contributed by atoms with E-state index in [1.165, 1.54) is 38.5 Å². The van der Waals surface area contributed by atoms with Crippen LogP contribution in [0.15, 0.2) is 49.0 Å². The average Bonchev–Trinajstić information content (AvgIpc) is 2.91. The molecule has 1 fully saturated rings.